The smallest absolute Gasteiger partial charge is 0.288 e. The number of rotatable bonds is 4. The summed E-state index contributed by atoms with van der Waals surface area (Å²) in [5.74, 6) is -0.355. The maximum absolute atomic E-state index is 12.7. The lowest BCUT2D eigenvalue weighted by Crippen LogP contribution is -2.27. The summed E-state index contributed by atoms with van der Waals surface area (Å²) in [4.78, 5) is 14.5. The number of hydrogen-bond acceptors (Lipinski definition) is 5. The molecule has 29 heavy (non-hydrogen) atoms. The van der Waals surface area contributed by atoms with Gasteiger partial charge in [-0.3, -0.25) is 9.69 Å². The Hall–Kier alpha value is -2.17. The average molecular weight is 458 g/mol. The van der Waals surface area contributed by atoms with Crippen LogP contribution in [0.5, 0.6) is 0 Å². The van der Waals surface area contributed by atoms with Gasteiger partial charge in [-0.05, 0) is 41.5 Å². The molecule has 0 spiro atoms. The molecule has 152 valence electrons. The quantitative estimate of drug-likeness (QED) is 0.500. The molecule has 1 saturated heterocycles. The van der Waals surface area contributed by atoms with Crippen LogP contribution in [0.25, 0.3) is 6.08 Å². The Morgan fingerprint density at radius 1 is 1.07 bits per heavy atom. The molecule has 1 aliphatic heterocycles. The highest BCUT2D eigenvalue weighted by Crippen LogP contribution is 2.34. The Morgan fingerprint density at radius 2 is 1.66 bits per heavy atom. The molecule has 3 rings (SSSR count). The van der Waals surface area contributed by atoms with E-state index < -0.39 is 21.6 Å². The molecule has 2 aromatic carbocycles. The molecular formula is C19H14F3NO3S3. The summed E-state index contributed by atoms with van der Waals surface area (Å²) < 4.78 is 61.3. The number of thioether (sulfide) groups is 1. The molecule has 0 unspecified atom stereocenters. The van der Waals surface area contributed by atoms with Gasteiger partial charge in [0.05, 0.1) is 21.9 Å². The van der Waals surface area contributed by atoms with Crippen molar-refractivity contribution in [2.45, 2.75) is 17.6 Å². The first-order chi connectivity index (χ1) is 13.4. The van der Waals surface area contributed by atoms with E-state index in [0.29, 0.717) is 20.4 Å². The lowest BCUT2D eigenvalue weighted by Gasteiger charge is -2.15. The van der Waals surface area contributed by atoms with Gasteiger partial charge in [0, 0.05) is 6.26 Å². The van der Waals surface area contributed by atoms with Gasteiger partial charge in [-0.2, -0.15) is 13.2 Å². The van der Waals surface area contributed by atoms with E-state index in [2.05, 4.69) is 0 Å². The second kappa shape index (κ2) is 7.92. The predicted molar refractivity (Wildman–Crippen MR) is 110 cm³/mol. The predicted octanol–water partition coefficient (Wildman–Crippen LogP) is 4.51. The first-order valence-corrected chi connectivity index (χ1v) is 11.3. The zero-order valence-electron chi connectivity index (χ0n) is 14.9. The van der Waals surface area contributed by atoms with E-state index in [1.165, 1.54) is 29.2 Å². The zero-order valence-corrected chi connectivity index (χ0v) is 17.4. The second-order valence-electron chi connectivity index (χ2n) is 6.30. The molecule has 1 amide bonds. The number of alkyl halides is 3. The third-order valence-corrected chi connectivity index (χ3v) is 6.61. The monoisotopic (exact) mass is 457 g/mol. The van der Waals surface area contributed by atoms with Crippen LogP contribution in [0.4, 0.5) is 13.2 Å². The fraction of sp³-hybridized carbons (Fsp3) is 0.158. The van der Waals surface area contributed by atoms with Crippen LogP contribution >= 0.6 is 24.0 Å². The third-order valence-electron chi connectivity index (χ3n) is 4.10. The van der Waals surface area contributed by atoms with Crippen molar-refractivity contribution < 1.29 is 26.4 Å². The molecule has 0 aromatic heterocycles. The van der Waals surface area contributed by atoms with Crippen molar-refractivity contribution in [3.63, 3.8) is 0 Å². The Labute approximate surface area is 175 Å². The third kappa shape index (κ3) is 5.06. The van der Waals surface area contributed by atoms with Gasteiger partial charge in [0.2, 0.25) is 0 Å². The normalized spacial score (nSPS) is 16.7. The van der Waals surface area contributed by atoms with Gasteiger partial charge < -0.3 is 0 Å². The molecule has 4 nitrogen and oxygen atoms in total. The minimum absolute atomic E-state index is 0.0627. The summed E-state index contributed by atoms with van der Waals surface area (Å²) in [5.41, 5.74) is 0.393. The highest BCUT2D eigenvalue weighted by atomic mass is 32.2. The fourth-order valence-electron chi connectivity index (χ4n) is 2.58. The van der Waals surface area contributed by atoms with Gasteiger partial charge in [-0.25, -0.2) is 8.42 Å². The number of amides is 1. The number of carbonyl (C=O) groups is 1. The first kappa shape index (κ1) is 21.5. The number of hydrogen-bond donors (Lipinski definition) is 0. The number of nitrogens with zero attached hydrogens (tertiary/aromatic N) is 1. The van der Waals surface area contributed by atoms with Gasteiger partial charge in [0.15, 0.2) is 9.84 Å². The van der Waals surface area contributed by atoms with Crippen molar-refractivity contribution in [1.82, 2.24) is 4.90 Å². The van der Waals surface area contributed by atoms with Crippen molar-refractivity contribution >= 4 is 50.1 Å². The zero-order chi connectivity index (χ0) is 21.4. The van der Waals surface area contributed by atoms with Crippen LogP contribution in [-0.2, 0) is 27.4 Å². The molecule has 2 aromatic rings. The summed E-state index contributed by atoms with van der Waals surface area (Å²) in [5, 5.41) is 0. The highest BCUT2D eigenvalue weighted by Gasteiger charge is 2.33. The van der Waals surface area contributed by atoms with Gasteiger partial charge in [-0.1, -0.05) is 48.2 Å². The van der Waals surface area contributed by atoms with Crippen LogP contribution in [0.15, 0.2) is 58.3 Å². The molecule has 0 N–H and O–H groups in total. The Kier molecular flexibility index (Phi) is 5.88. The van der Waals surface area contributed by atoms with E-state index in [9.17, 15) is 26.4 Å². The molecule has 1 aliphatic rings. The van der Waals surface area contributed by atoms with Crippen LogP contribution in [0.3, 0.4) is 0 Å². The van der Waals surface area contributed by atoms with E-state index in [1.807, 2.05) is 0 Å². The largest absolute Gasteiger partial charge is 0.416 e. The van der Waals surface area contributed by atoms with Crippen LogP contribution in [0, 0.1) is 0 Å². The summed E-state index contributed by atoms with van der Waals surface area (Å²) in [6, 6.07) is 10.6. The summed E-state index contributed by atoms with van der Waals surface area (Å²) >= 11 is 6.32. The summed E-state index contributed by atoms with van der Waals surface area (Å²) in [7, 11) is -3.31. The van der Waals surface area contributed by atoms with Gasteiger partial charge in [0.1, 0.15) is 4.32 Å². The van der Waals surface area contributed by atoms with E-state index >= 15 is 0 Å². The van der Waals surface area contributed by atoms with Crippen molar-refractivity contribution in [2.75, 3.05) is 6.26 Å². The lowest BCUT2D eigenvalue weighted by molar-refractivity contribution is -0.137. The minimum atomic E-state index is -4.42. The van der Waals surface area contributed by atoms with Crippen LogP contribution in [0.1, 0.15) is 16.7 Å². The fourth-order valence-corrected chi connectivity index (χ4v) is 4.47. The van der Waals surface area contributed by atoms with Crippen LogP contribution in [0.2, 0.25) is 0 Å². The second-order valence-corrected chi connectivity index (χ2v) is 10.00. The van der Waals surface area contributed by atoms with Crippen molar-refractivity contribution in [3.8, 4) is 0 Å². The van der Waals surface area contributed by atoms with Gasteiger partial charge in [-0.15, -0.1) is 0 Å². The number of sulfone groups is 1. The van der Waals surface area contributed by atoms with Crippen LogP contribution in [-0.4, -0.2) is 29.8 Å². The number of benzene rings is 2. The highest BCUT2D eigenvalue weighted by molar-refractivity contribution is 8.26. The molecule has 0 bridgehead atoms. The first-order valence-electron chi connectivity index (χ1n) is 8.17. The molecule has 1 fully saturated rings. The lowest BCUT2D eigenvalue weighted by atomic mass is 10.1. The molecule has 0 radical (unpaired) electrons. The summed E-state index contributed by atoms with van der Waals surface area (Å²) in [6.45, 7) is 0.0627. The minimum Gasteiger partial charge on any atom is -0.288 e. The van der Waals surface area contributed by atoms with Crippen molar-refractivity contribution in [2.24, 2.45) is 0 Å². The maximum atomic E-state index is 12.7. The number of halogens is 3. The number of carbonyl (C=O) groups excluding carboxylic acids is 1. The Bertz CT molecular complexity index is 1090. The topological polar surface area (TPSA) is 54.5 Å². The van der Waals surface area contributed by atoms with Crippen molar-refractivity contribution in [3.05, 3.63) is 70.1 Å². The van der Waals surface area contributed by atoms with E-state index in [4.69, 9.17) is 12.2 Å². The van der Waals surface area contributed by atoms with Crippen molar-refractivity contribution in [1.29, 1.82) is 0 Å². The van der Waals surface area contributed by atoms with Crippen LogP contribution < -0.4 is 0 Å². The molecular weight excluding hydrogens is 443 g/mol. The molecule has 0 saturated carbocycles. The molecule has 0 atom stereocenters. The standard InChI is InChI=1S/C19H14F3NO3S3/c1-29(25,26)15-8-4-12(5-9-15)10-16-17(24)23(18(27)28-16)11-13-2-6-14(7-3-13)19(20,21)22/h2-10H,11H2,1H3/b16-10-. The van der Waals surface area contributed by atoms with E-state index in [-0.39, 0.29) is 17.3 Å². The summed E-state index contributed by atoms with van der Waals surface area (Å²) in [6.07, 6.45) is -1.72. The maximum Gasteiger partial charge on any atom is 0.416 e. The van der Waals surface area contributed by atoms with Gasteiger partial charge in [0.25, 0.3) is 5.91 Å². The van der Waals surface area contributed by atoms with Gasteiger partial charge >= 0.3 is 6.18 Å². The number of thiocarbonyl (C=S) groups is 1. The Balaban J connectivity index is 1.76. The van der Waals surface area contributed by atoms with E-state index in [1.54, 1.807) is 18.2 Å². The Morgan fingerprint density at radius 3 is 2.17 bits per heavy atom. The van der Waals surface area contributed by atoms with E-state index in [0.717, 1.165) is 30.2 Å². The molecule has 1 heterocycles. The molecule has 0 aliphatic carbocycles. The molecule has 10 heteroatoms. The SMILES string of the molecule is CS(=O)(=O)c1ccc(/C=C2\SC(=S)N(Cc3ccc(C(F)(F)F)cc3)C2=O)cc1. The average Bonchev–Trinajstić information content (AvgIpc) is 2.88.